The van der Waals surface area contributed by atoms with Crippen LogP contribution >= 0.6 is 0 Å². The Labute approximate surface area is 183 Å². The lowest BCUT2D eigenvalue weighted by Gasteiger charge is -2.34. The molecule has 0 atom stereocenters. The number of halogens is 1. The maximum absolute atomic E-state index is 13.6. The molecule has 0 amide bonds. The molecule has 0 unspecified atom stereocenters. The molecule has 8 heteroatoms. The highest BCUT2D eigenvalue weighted by Gasteiger charge is 2.44. The van der Waals surface area contributed by atoms with Crippen molar-refractivity contribution in [3.8, 4) is 0 Å². The number of nitrogens with one attached hydrogen (secondary N) is 2. The molecule has 2 aliphatic rings. The second kappa shape index (κ2) is 10.0. The first-order chi connectivity index (χ1) is 15.2. The topological polar surface area (TPSA) is 68.7 Å². The van der Waals surface area contributed by atoms with E-state index in [1.165, 1.54) is 6.07 Å². The third-order valence-electron chi connectivity index (χ3n) is 6.26. The first kappa shape index (κ1) is 21.5. The Morgan fingerprint density at radius 3 is 2.55 bits per heavy atom. The summed E-state index contributed by atoms with van der Waals surface area (Å²) in [5.41, 5.74) is 1.12. The van der Waals surface area contributed by atoms with E-state index in [1.807, 2.05) is 12.1 Å². The Hall–Kier alpha value is -2.74. The van der Waals surface area contributed by atoms with Crippen molar-refractivity contribution in [2.45, 2.75) is 24.7 Å². The van der Waals surface area contributed by atoms with Crippen molar-refractivity contribution in [2.24, 2.45) is 4.99 Å². The van der Waals surface area contributed by atoms with Crippen LogP contribution in [-0.4, -0.2) is 73.7 Å². The predicted molar refractivity (Wildman–Crippen MR) is 122 cm³/mol. The van der Waals surface area contributed by atoms with Gasteiger partial charge in [0.05, 0.1) is 0 Å². The zero-order valence-electron chi connectivity index (χ0n) is 18.2. The minimum atomic E-state index is -0.164. The van der Waals surface area contributed by atoms with E-state index < -0.39 is 0 Å². The van der Waals surface area contributed by atoms with Crippen LogP contribution in [0.2, 0.25) is 0 Å². The van der Waals surface area contributed by atoms with Crippen LogP contribution in [0.4, 0.5) is 10.3 Å². The van der Waals surface area contributed by atoms with Gasteiger partial charge in [-0.05, 0) is 49.6 Å². The van der Waals surface area contributed by atoms with E-state index in [2.05, 4.69) is 35.4 Å². The third-order valence-corrected chi connectivity index (χ3v) is 6.26. The number of hydrogen-bond acceptors (Lipinski definition) is 5. The van der Waals surface area contributed by atoms with Crippen molar-refractivity contribution in [3.63, 3.8) is 0 Å². The molecule has 2 N–H and O–H groups in total. The molecule has 0 spiro atoms. The normalized spacial score (nSPS) is 18.6. The largest absolute Gasteiger partial charge is 0.356 e. The predicted octanol–water partition coefficient (Wildman–Crippen LogP) is 2.02. The number of hydrogen-bond donors (Lipinski definition) is 2. The number of guanidine groups is 1. The van der Waals surface area contributed by atoms with Crippen LogP contribution in [0.3, 0.4) is 0 Å². The Bertz CT molecular complexity index is 861. The van der Waals surface area contributed by atoms with Crippen LogP contribution in [0, 0.1) is 5.82 Å². The fourth-order valence-electron chi connectivity index (χ4n) is 4.15. The fraction of sp³-hybridized carbons (Fsp3) is 0.522. The van der Waals surface area contributed by atoms with E-state index in [1.54, 1.807) is 31.6 Å². The Morgan fingerprint density at radius 2 is 1.87 bits per heavy atom. The van der Waals surface area contributed by atoms with E-state index in [0.29, 0.717) is 0 Å². The number of piperazine rings is 1. The lowest BCUT2D eigenvalue weighted by atomic mass is 9.96. The molecule has 1 aliphatic heterocycles. The average molecular weight is 426 g/mol. The second-order valence-electron chi connectivity index (χ2n) is 8.37. The molecule has 31 heavy (non-hydrogen) atoms. The van der Waals surface area contributed by atoms with Crippen molar-refractivity contribution in [1.29, 1.82) is 0 Å². The van der Waals surface area contributed by atoms with Gasteiger partial charge in [-0.15, -0.1) is 0 Å². The van der Waals surface area contributed by atoms with Gasteiger partial charge in [0.15, 0.2) is 5.96 Å². The van der Waals surface area contributed by atoms with Crippen molar-refractivity contribution in [2.75, 3.05) is 57.8 Å². The van der Waals surface area contributed by atoms with Gasteiger partial charge < -0.3 is 15.5 Å². The molecule has 7 nitrogen and oxygen atoms in total. The minimum absolute atomic E-state index is 0.0435. The molecular weight excluding hydrogens is 393 g/mol. The highest BCUT2D eigenvalue weighted by atomic mass is 19.1. The summed E-state index contributed by atoms with van der Waals surface area (Å²) in [6, 6.07) is 8.83. The molecular formula is C23H32FN7. The number of benzene rings is 1. The molecule has 2 aromatic rings. The maximum Gasteiger partial charge on any atom is 0.225 e. The van der Waals surface area contributed by atoms with E-state index in [4.69, 9.17) is 0 Å². The maximum atomic E-state index is 13.6. The van der Waals surface area contributed by atoms with E-state index >= 15 is 0 Å². The molecule has 1 saturated carbocycles. The van der Waals surface area contributed by atoms with Crippen molar-refractivity contribution in [3.05, 3.63) is 54.1 Å². The number of aromatic nitrogens is 2. The molecule has 2 fully saturated rings. The second-order valence-corrected chi connectivity index (χ2v) is 8.37. The summed E-state index contributed by atoms with van der Waals surface area (Å²) >= 11 is 0. The van der Waals surface area contributed by atoms with Gasteiger partial charge in [0.25, 0.3) is 0 Å². The molecule has 1 aliphatic carbocycles. The molecule has 166 valence electrons. The van der Waals surface area contributed by atoms with Gasteiger partial charge in [-0.2, -0.15) is 0 Å². The van der Waals surface area contributed by atoms with Gasteiger partial charge in [-0.1, -0.05) is 12.1 Å². The monoisotopic (exact) mass is 425 g/mol. The number of nitrogens with zero attached hydrogens (tertiary/aromatic N) is 5. The number of rotatable bonds is 8. The highest BCUT2D eigenvalue weighted by molar-refractivity contribution is 5.79. The SMILES string of the molecule is CN=C(NCCCN1CCN(c2ncccn2)CC1)NCC1(c2cccc(F)c2)CC1. The summed E-state index contributed by atoms with van der Waals surface area (Å²) in [5.74, 6) is 1.47. The van der Waals surface area contributed by atoms with Gasteiger partial charge in [0.1, 0.15) is 5.82 Å². The van der Waals surface area contributed by atoms with Crippen molar-refractivity contribution < 1.29 is 4.39 Å². The van der Waals surface area contributed by atoms with Crippen LogP contribution < -0.4 is 15.5 Å². The van der Waals surface area contributed by atoms with Crippen LogP contribution in [0.25, 0.3) is 0 Å². The summed E-state index contributed by atoms with van der Waals surface area (Å²) in [5, 5.41) is 6.85. The van der Waals surface area contributed by atoms with Crippen LogP contribution in [0.1, 0.15) is 24.8 Å². The Balaban J connectivity index is 1.14. The molecule has 0 bridgehead atoms. The summed E-state index contributed by atoms with van der Waals surface area (Å²) in [4.78, 5) is 17.8. The Kier molecular flexibility index (Phi) is 6.96. The molecule has 1 aromatic heterocycles. The highest BCUT2D eigenvalue weighted by Crippen LogP contribution is 2.47. The fourth-order valence-corrected chi connectivity index (χ4v) is 4.15. The third kappa shape index (κ3) is 5.70. The molecule has 2 heterocycles. The number of aliphatic imine (C=N–C) groups is 1. The first-order valence-electron chi connectivity index (χ1n) is 11.1. The van der Waals surface area contributed by atoms with Gasteiger partial charge in [0.2, 0.25) is 5.95 Å². The van der Waals surface area contributed by atoms with Crippen LogP contribution in [-0.2, 0) is 5.41 Å². The smallest absolute Gasteiger partial charge is 0.225 e. The average Bonchev–Trinajstić information content (AvgIpc) is 3.61. The summed E-state index contributed by atoms with van der Waals surface area (Å²) < 4.78 is 13.6. The minimum Gasteiger partial charge on any atom is -0.356 e. The van der Waals surface area contributed by atoms with Gasteiger partial charge in [-0.25, -0.2) is 14.4 Å². The molecule has 4 rings (SSSR count). The molecule has 1 aromatic carbocycles. The lowest BCUT2D eigenvalue weighted by Crippen LogP contribution is -2.48. The summed E-state index contributed by atoms with van der Waals surface area (Å²) in [7, 11) is 1.79. The lowest BCUT2D eigenvalue weighted by molar-refractivity contribution is 0.254. The van der Waals surface area contributed by atoms with Gasteiger partial charge >= 0.3 is 0 Å². The zero-order valence-corrected chi connectivity index (χ0v) is 18.2. The Morgan fingerprint density at radius 1 is 1.10 bits per heavy atom. The first-order valence-corrected chi connectivity index (χ1v) is 11.1. The van der Waals surface area contributed by atoms with E-state index in [0.717, 1.165) is 82.5 Å². The number of anilines is 1. The standard InChI is InChI=1S/C23H32FN7/c1-25-21(29-18-23(7-8-23)19-5-2-6-20(24)17-19)26-11-4-12-30-13-15-31(16-14-30)22-27-9-3-10-28-22/h2-3,5-6,9-10,17H,4,7-8,11-16,18H2,1H3,(H2,25,26,29). The summed E-state index contributed by atoms with van der Waals surface area (Å²) in [6.07, 6.45) is 6.81. The van der Waals surface area contributed by atoms with E-state index in [9.17, 15) is 4.39 Å². The van der Waals surface area contributed by atoms with Crippen molar-refractivity contribution in [1.82, 2.24) is 25.5 Å². The quantitative estimate of drug-likeness (QED) is 0.383. The van der Waals surface area contributed by atoms with Gasteiger partial charge in [-0.3, -0.25) is 9.89 Å². The van der Waals surface area contributed by atoms with Gasteiger partial charge in [0, 0.05) is 64.1 Å². The van der Waals surface area contributed by atoms with Crippen LogP contribution in [0.15, 0.2) is 47.7 Å². The summed E-state index contributed by atoms with van der Waals surface area (Å²) in [6.45, 7) is 6.68. The molecule has 0 radical (unpaired) electrons. The van der Waals surface area contributed by atoms with E-state index in [-0.39, 0.29) is 11.2 Å². The van der Waals surface area contributed by atoms with Crippen LogP contribution in [0.5, 0.6) is 0 Å². The van der Waals surface area contributed by atoms with Crippen molar-refractivity contribution >= 4 is 11.9 Å². The molecule has 1 saturated heterocycles. The zero-order chi connectivity index (χ0) is 21.5.